The zero-order chi connectivity index (χ0) is 16.3. The molecule has 0 fully saturated rings. The average molecular weight is 342 g/mol. The van der Waals surface area contributed by atoms with Crippen molar-refractivity contribution in [3.63, 3.8) is 0 Å². The average Bonchev–Trinajstić information content (AvgIpc) is 2.45. The quantitative estimate of drug-likeness (QED) is 0.824. The van der Waals surface area contributed by atoms with Gasteiger partial charge in [-0.2, -0.15) is 0 Å². The number of hydrogen-bond acceptors (Lipinski definition) is 2. The fraction of sp³-hybridized carbons (Fsp3) is 0.188. The summed E-state index contributed by atoms with van der Waals surface area (Å²) in [4.78, 5) is 13.8. The topological polar surface area (TPSA) is 29.5 Å². The van der Waals surface area contributed by atoms with E-state index in [0.717, 1.165) is 0 Å². The molecule has 0 spiro atoms. The molecule has 0 unspecified atom stereocenters. The maximum absolute atomic E-state index is 13.7. The molecular formula is C16H14Cl2FNO2. The fourth-order valence-electron chi connectivity index (χ4n) is 2.05. The zero-order valence-corrected chi connectivity index (χ0v) is 13.6. The highest BCUT2D eigenvalue weighted by molar-refractivity contribution is 6.35. The van der Waals surface area contributed by atoms with E-state index in [1.807, 2.05) is 0 Å². The van der Waals surface area contributed by atoms with E-state index >= 15 is 0 Å². The van der Waals surface area contributed by atoms with Gasteiger partial charge in [0.25, 0.3) is 5.91 Å². The Labute approximate surface area is 138 Å². The molecule has 6 heteroatoms. The lowest BCUT2D eigenvalue weighted by Gasteiger charge is -2.18. The summed E-state index contributed by atoms with van der Waals surface area (Å²) in [6.07, 6.45) is 0. The number of benzene rings is 2. The van der Waals surface area contributed by atoms with Gasteiger partial charge >= 0.3 is 0 Å². The molecule has 0 saturated heterocycles. The van der Waals surface area contributed by atoms with Crippen LogP contribution in [-0.2, 0) is 6.54 Å². The van der Waals surface area contributed by atoms with Gasteiger partial charge < -0.3 is 9.64 Å². The molecule has 0 heterocycles. The third-order valence-corrected chi connectivity index (χ3v) is 3.53. The number of halogens is 3. The Kier molecular flexibility index (Phi) is 5.27. The first-order valence-electron chi connectivity index (χ1n) is 6.44. The van der Waals surface area contributed by atoms with Crippen LogP contribution in [0.2, 0.25) is 10.0 Å². The summed E-state index contributed by atoms with van der Waals surface area (Å²) in [6.45, 7) is 0.254. The minimum atomic E-state index is -0.466. The van der Waals surface area contributed by atoms with Gasteiger partial charge in [0.05, 0.1) is 7.11 Å². The van der Waals surface area contributed by atoms with E-state index < -0.39 is 5.82 Å². The Bertz CT molecular complexity index is 686. The van der Waals surface area contributed by atoms with E-state index in [1.54, 1.807) is 31.3 Å². The van der Waals surface area contributed by atoms with Crippen molar-refractivity contribution >= 4 is 29.1 Å². The Hall–Kier alpha value is -1.78. The van der Waals surface area contributed by atoms with E-state index in [4.69, 9.17) is 27.9 Å². The van der Waals surface area contributed by atoms with Crippen molar-refractivity contribution in [3.05, 3.63) is 63.4 Å². The molecule has 22 heavy (non-hydrogen) atoms. The van der Waals surface area contributed by atoms with E-state index in [1.165, 1.54) is 24.1 Å². The Morgan fingerprint density at radius 1 is 1.18 bits per heavy atom. The monoisotopic (exact) mass is 341 g/mol. The van der Waals surface area contributed by atoms with Gasteiger partial charge in [0, 0.05) is 29.2 Å². The van der Waals surface area contributed by atoms with E-state index in [0.29, 0.717) is 21.2 Å². The second-order valence-corrected chi connectivity index (χ2v) is 5.66. The van der Waals surface area contributed by atoms with Crippen LogP contribution in [0.1, 0.15) is 15.9 Å². The number of amides is 1. The smallest absolute Gasteiger partial charge is 0.253 e. The molecule has 116 valence electrons. The molecule has 2 rings (SSSR count). The molecule has 0 bridgehead atoms. The minimum Gasteiger partial charge on any atom is -0.494 e. The largest absolute Gasteiger partial charge is 0.494 e. The highest BCUT2D eigenvalue weighted by Gasteiger charge is 2.14. The van der Waals surface area contributed by atoms with Gasteiger partial charge in [-0.1, -0.05) is 29.3 Å². The number of ether oxygens (including phenoxy) is 1. The standard InChI is InChI=1S/C16H14Cl2FNO2/c1-20(9-10-3-4-15(22-2)14(19)5-10)16(21)11-6-12(17)8-13(18)7-11/h3-8H,9H2,1-2H3. The second-order valence-electron chi connectivity index (χ2n) is 4.79. The molecule has 0 aliphatic rings. The summed E-state index contributed by atoms with van der Waals surface area (Å²) in [5.74, 6) is -0.549. The summed E-state index contributed by atoms with van der Waals surface area (Å²) in [5.41, 5.74) is 1.04. The van der Waals surface area contributed by atoms with Crippen LogP contribution in [-0.4, -0.2) is 25.0 Å². The van der Waals surface area contributed by atoms with Crippen LogP contribution in [0.5, 0.6) is 5.75 Å². The number of carbonyl (C=O) groups excluding carboxylic acids is 1. The lowest BCUT2D eigenvalue weighted by Crippen LogP contribution is -2.26. The Morgan fingerprint density at radius 2 is 1.82 bits per heavy atom. The van der Waals surface area contributed by atoms with Crippen LogP contribution in [0.25, 0.3) is 0 Å². The molecule has 0 aromatic heterocycles. The third-order valence-electron chi connectivity index (χ3n) is 3.09. The lowest BCUT2D eigenvalue weighted by molar-refractivity contribution is 0.0785. The molecule has 2 aromatic carbocycles. The summed E-state index contributed by atoms with van der Waals surface area (Å²) in [6, 6.07) is 9.21. The normalized spacial score (nSPS) is 10.4. The molecule has 0 aliphatic heterocycles. The molecular weight excluding hydrogens is 328 g/mol. The molecule has 0 radical (unpaired) electrons. The first-order valence-corrected chi connectivity index (χ1v) is 7.20. The van der Waals surface area contributed by atoms with Crippen LogP contribution in [0.15, 0.2) is 36.4 Å². The highest BCUT2D eigenvalue weighted by atomic mass is 35.5. The van der Waals surface area contributed by atoms with Crippen molar-refractivity contribution in [1.29, 1.82) is 0 Å². The summed E-state index contributed by atoms with van der Waals surface area (Å²) >= 11 is 11.8. The van der Waals surface area contributed by atoms with Crippen LogP contribution in [0.3, 0.4) is 0 Å². The molecule has 0 saturated carbocycles. The number of nitrogens with zero attached hydrogens (tertiary/aromatic N) is 1. The van der Waals surface area contributed by atoms with Crippen LogP contribution >= 0.6 is 23.2 Å². The summed E-state index contributed by atoms with van der Waals surface area (Å²) < 4.78 is 18.5. The van der Waals surface area contributed by atoms with Crippen molar-refractivity contribution in [3.8, 4) is 5.75 Å². The first-order chi connectivity index (χ1) is 10.4. The van der Waals surface area contributed by atoms with Crippen LogP contribution in [0, 0.1) is 5.82 Å². The fourth-order valence-corrected chi connectivity index (χ4v) is 2.58. The zero-order valence-electron chi connectivity index (χ0n) is 12.1. The maximum Gasteiger partial charge on any atom is 0.253 e. The van der Waals surface area contributed by atoms with Crippen molar-refractivity contribution in [2.75, 3.05) is 14.2 Å². The van der Waals surface area contributed by atoms with E-state index in [9.17, 15) is 9.18 Å². The molecule has 0 aliphatic carbocycles. The second kappa shape index (κ2) is 6.99. The van der Waals surface area contributed by atoms with Gasteiger partial charge in [-0.15, -0.1) is 0 Å². The van der Waals surface area contributed by atoms with Gasteiger partial charge in [0.15, 0.2) is 11.6 Å². The predicted octanol–water partition coefficient (Wildman–Crippen LogP) is 4.41. The van der Waals surface area contributed by atoms with E-state index in [-0.39, 0.29) is 18.2 Å². The van der Waals surface area contributed by atoms with Crippen molar-refractivity contribution in [2.24, 2.45) is 0 Å². The van der Waals surface area contributed by atoms with Gasteiger partial charge in [-0.05, 0) is 35.9 Å². The van der Waals surface area contributed by atoms with Crippen LogP contribution in [0.4, 0.5) is 4.39 Å². The van der Waals surface area contributed by atoms with Gasteiger partial charge in [0.1, 0.15) is 0 Å². The third kappa shape index (κ3) is 3.90. The SMILES string of the molecule is COc1ccc(CN(C)C(=O)c2cc(Cl)cc(Cl)c2)cc1F. The molecule has 0 N–H and O–H groups in total. The number of hydrogen-bond donors (Lipinski definition) is 0. The molecule has 1 amide bonds. The Balaban J connectivity index is 2.16. The van der Waals surface area contributed by atoms with Crippen molar-refractivity contribution in [2.45, 2.75) is 6.54 Å². The molecule has 0 atom stereocenters. The summed E-state index contributed by atoms with van der Waals surface area (Å²) in [7, 11) is 3.02. The van der Waals surface area contributed by atoms with Gasteiger partial charge in [0.2, 0.25) is 0 Å². The maximum atomic E-state index is 13.7. The van der Waals surface area contributed by atoms with E-state index in [2.05, 4.69) is 0 Å². The number of rotatable bonds is 4. The summed E-state index contributed by atoms with van der Waals surface area (Å²) in [5, 5.41) is 0.777. The molecule has 2 aromatic rings. The Morgan fingerprint density at radius 3 is 2.36 bits per heavy atom. The number of methoxy groups -OCH3 is 1. The van der Waals surface area contributed by atoms with Gasteiger partial charge in [-0.3, -0.25) is 4.79 Å². The number of carbonyl (C=O) groups is 1. The molecule has 3 nitrogen and oxygen atoms in total. The highest BCUT2D eigenvalue weighted by Crippen LogP contribution is 2.22. The first kappa shape index (κ1) is 16.6. The van der Waals surface area contributed by atoms with Gasteiger partial charge in [-0.25, -0.2) is 4.39 Å². The predicted molar refractivity (Wildman–Crippen MR) is 85.2 cm³/mol. The van der Waals surface area contributed by atoms with Crippen LogP contribution < -0.4 is 4.74 Å². The minimum absolute atomic E-state index is 0.166. The van der Waals surface area contributed by atoms with Crippen molar-refractivity contribution in [1.82, 2.24) is 4.90 Å². The van der Waals surface area contributed by atoms with Crippen molar-refractivity contribution < 1.29 is 13.9 Å². The lowest BCUT2D eigenvalue weighted by atomic mass is 10.1.